The van der Waals surface area contributed by atoms with Crippen molar-refractivity contribution in [3.63, 3.8) is 0 Å². The molecule has 0 fully saturated rings. The zero-order valence-corrected chi connectivity index (χ0v) is 15.9. The van der Waals surface area contributed by atoms with E-state index in [1.165, 1.54) is 11.6 Å². The lowest BCUT2D eigenvalue weighted by Gasteiger charge is -2.14. The molecule has 0 aromatic heterocycles. The molecule has 2 aromatic carbocycles. The van der Waals surface area contributed by atoms with Gasteiger partial charge in [-0.3, -0.25) is 4.79 Å². The van der Waals surface area contributed by atoms with Crippen LogP contribution in [0.15, 0.2) is 48.5 Å². The Hall–Kier alpha value is -3.28. The van der Waals surface area contributed by atoms with Gasteiger partial charge in [-0.25, -0.2) is 4.79 Å². The molecule has 1 aliphatic rings. The first-order valence-electron chi connectivity index (χ1n) is 9.18. The monoisotopic (exact) mass is 381 g/mol. The molecule has 28 heavy (non-hydrogen) atoms. The molecule has 0 saturated heterocycles. The van der Waals surface area contributed by atoms with Crippen LogP contribution >= 0.6 is 0 Å². The fraction of sp³-hybridized carbons (Fsp3) is 0.273. The molecule has 0 radical (unpaired) electrons. The van der Waals surface area contributed by atoms with Gasteiger partial charge >= 0.3 is 5.97 Å². The van der Waals surface area contributed by atoms with Gasteiger partial charge in [0, 0.05) is 6.08 Å². The molecule has 0 unspecified atom stereocenters. The second-order valence-corrected chi connectivity index (χ2v) is 6.44. The van der Waals surface area contributed by atoms with E-state index >= 15 is 0 Å². The quantitative estimate of drug-likeness (QED) is 0.588. The molecule has 1 N–H and O–H groups in total. The Labute approximate surface area is 164 Å². The van der Waals surface area contributed by atoms with E-state index in [-0.39, 0.29) is 25.3 Å². The molecule has 3 rings (SSSR count). The number of ether oxygens (including phenoxy) is 3. The predicted molar refractivity (Wildman–Crippen MR) is 105 cm³/mol. The summed E-state index contributed by atoms with van der Waals surface area (Å²) in [4.78, 5) is 23.8. The highest BCUT2D eigenvalue weighted by molar-refractivity contribution is 5.89. The van der Waals surface area contributed by atoms with E-state index in [2.05, 4.69) is 12.2 Å². The van der Waals surface area contributed by atoms with Gasteiger partial charge in [-0.1, -0.05) is 37.3 Å². The van der Waals surface area contributed by atoms with Crippen LogP contribution in [0.1, 0.15) is 36.6 Å². The van der Waals surface area contributed by atoms with E-state index in [0.29, 0.717) is 11.5 Å². The summed E-state index contributed by atoms with van der Waals surface area (Å²) in [5.41, 5.74) is 3.01. The summed E-state index contributed by atoms with van der Waals surface area (Å²) in [6, 6.07) is 13.2. The lowest BCUT2D eigenvalue weighted by molar-refractivity contribution is -0.144. The Morgan fingerprint density at radius 1 is 1.14 bits per heavy atom. The Kier molecular flexibility index (Phi) is 6.32. The standard InChI is InChI=1S/C22H23NO5/c1-3-16-4-8-18(9-5-16)15(2)23-21(24)13-26-22(25)11-7-17-6-10-19-20(12-17)28-14-27-19/h4-12,15H,3,13-14H2,1-2H3,(H,23,24)/b11-7+/t15-/m1/s1. The highest BCUT2D eigenvalue weighted by Gasteiger charge is 2.13. The Balaban J connectivity index is 1.45. The largest absolute Gasteiger partial charge is 0.454 e. The van der Waals surface area contributed by atoms with Crippen molar-refractivity contribution in [3.8, 4) is 11.5 Å². The third kappa shape index (κ3) is 5.13. The highest BCUT2D eigenvalue weighted by Crippen LogP contribution is 2.32. The zero-order chi connectivity index (χ0) is 19.9. The molecule has 1 atom stereocenters. The molecule has 0 aliphatic carbocycles. The lowest BCUT2D eigenvalue weighted by Crippen LogP contribution is -2.30. The molecule has 1 amide bonds. The predicted octanol–water partition coefficient (Wildman–Crippen LogP) is 3.41. The van der Waals surface area contributed by atoms with Gasteiger partial charge in [0.05, 0.1) is 6.04 Å². The van der Waals surface area contributed by atoms with Crippen molar-refractivity contribution in [1.29, 1.82) is 0 Å². The maximum absolute atomic E-state index is 12.0. The second kappa shape index (κ2) is 9.08. The third-order valence-electron chi connectivity index (χ3n) is 4.42. The molecule has 6 nitrogen and oxygen atoms in total. The van der Waals surface area contributed by atoms with Gasteiger partial charge in [0.2, 0.25) is 6.79 Å². The summed E-state index contributed by atoms with van der Waals surface area (Å²) in [6.45, 7) is 3.85. The molecule has 146 valence electrons. The maximum atomic E-state index is 12.0. The number of esters is 1. The molecule has 6 heteroatoms. The maximum Gasteiger partial charge on any atom is 0.331 e. The number of rotatable bonds is 7. The third-order valence-corrected chi connectivity index (χ3v) is 4.42. The van der Waals surface area contributed by atoms with Gasteiger partial charge in [0.15, 0.2) is 18.1 Å². The number of aryl methyl sites for hydroxylation is 1. The number of carbonyl (C=O) groups is 2. The van der Waals surface area contributed by atoms with Crippen molar-refractivity contribution in [2.24, 2.45) is 0 Å². The summed E-state index contributed by atoms with van der Waals surface area (Å²) in [5, 5.41) is 2.82. The van der Waals surface area contributed by atoms with Crippen molar-refractivity contribution in [1.82, 2.24) is 5.32 Å². The number of nitrogens with one attached hydrogen (secondary N) is 1. The van der Waals surface area contributed by atoms with Crippen LogP contribution in [0.25, 0.3) is 6.08 Å². The van der Waals surface area contributed by atoms with Crippen molar-refractivity contribution in [2.75, 3.05) is 13.4 Å². The number of hydrogen-bond acceptors (Lipinski definition) is 5. The molecule has 2 aromatic rings. The second-order valence-electron chi connectivity index (χ2n) is 6.44. The summed E-state index contributed by atoms with van der Waals surface area (Å²) in [7, 11) is 0. The SMILES string of the molecule is CCc1ccc([C@@H](C)NC(=O)COC(=O)/C=C/c2ccc3c(c2)OCO3)cc1. The molecular formula is C22H23NO5. The van der Waals surface area contributed by atoms with Gasteiger partial charge in [0.1, 0.15) is 0 Å². The Bertz CT molecular complexity index is 873. The first-order chi connectivity index (χ1) is 13.5. The van der Waals surface area contributed by atoms with Gasteiger partial charge in [-0.2, -0.15) is 0 Å². The topological polar surface area (TPSA) is 73.9 Å². The van der Waals surface area contributed by atoms with Crippen molar-refractivity contribution < 1.29 is 23.8 Å². The number of benzene rings is 2. The number of amides is 1. The van der Waals surface area contributed by atoms with Crippen molar-refractivity contribution in [2.45, 2.75) is 26.3 Å². The minimum atomic E-state index is -0.590. The lowest BCUT2D eigenvalue weighted by atomic mass is 10.1. The first-order valence-corrected chi connectivity index (χ1v) is 9.18. The van der Waals surface area contributed by atoms with Crippen LogP contribution in [0.5, 0.6) is 11.5 Å². The normalized spacial score (nSPS) is 13.4. The Morgan fingerprint density at radius 2 is 1.89 bits per heavy atom. The average molecular weight is 381 g/mol. The van der Waals surface area contributed by atoms with E-state index in [1.54, 1.807) is 24.3 Å². The summed E-state index contributed by atoms with van der Waals surface area (Å²) in [6.07, 6.45) is 3.84. The molecule has 1 aliphatic heterocycles. The smallest absolute Gasteiger partial charge is 0.331 e. The number of fused-ring (bicyclic) bond motifs is 1. The molecule has 0 bridgehead atoms. The number of carbonyl (C=O) groups excluding carboxylic acids is 2. The fourth-order valence-corrected chi connectivity index (χ4v) is 2.77. The highest BCUT2D eigenvalue weighted by atomic mass is 16.7. The van der Waals surface area contributed by atoms with E-state index < -0.39 is 5.97 Å². The van der Waals surface area contributed by atoms with Gasteiger partial charge in [0.25, 0.3) is 5.91 Å². The summed E-state index contributed by atoms with van der Waals surface area (Å²) in [5.74, 6) is 0.371. The van der Waals surface area contributed by atoms with Crippen LogP contribution in [-0.2, 0) is 20.7 Å². The summed E-state index contributed by atoms with van der Waals surface area (Å²) < 4.78 is 15.5. The van der Waals surface area contributed by atoms with Crippen LogP contribution in [0.4, 0.5) is 0 Å². The van der Waals surface area contributed by atoms with Crippen molar-refractivity contribution >= 4 is 18.0 Å². The van der Waals surface area contributed by atoms with Crippen LogP contribution < -0.4 is 14.8 Å². The molecular weight excluding hydrogens is 358 g/mol. The van der Waals surface area contributed by atoms with E-state index in [4.69, 9.17) is 14.2 Å². The van der Waals surface area contributed by atoms with Gasteiger partial charge in [-0.15, -0.1) is 0 Å². The van der Waals surface area contributed by atoms with Gasteiger partial charge < -0.3 is 19.5 Å². The molecule has 0 spiro atoms. The van der Waals surface area contributed by atoms with E-state index in [9.17, 15) is 9.59 Å². The van der Waals surface area contributed by atoms with Crippen molar-refractivity contribution in [3.05, 3.63) is 65.2 Å². The molecule has 0 saturated carbocycles. The van der Waals surface area contributed by atoms with Crippen LogP contribution in [0, 0.1) is 0 Å². The molecule has 1 heterocycles. The Morgan fingerprint density at radius 3 is 2.64 bits per heavy atom. The summed E-state index contributed by atoms with van der Waals surface area (Å²) >= 11 is 0. The van der Waals surface area contributed by atoms with Gasteiger partial charge in [-0.05, 0) is 48.2 Å². The average Bonchev–Trinajstić information content (AvgIpc) is 3.18. The van der Waals surface area contributed by atoms with Crippen LogP contribution in [0.2, 0.25) is 0 Å². The number of hydrogen-bond donors (Lipinski definition) is 1. The minimum absolute atomic E-state index is 0.165. The zero-order valence-electron chi connectivity index (χ0n) is 15.9. The van der Waals surface area contributed by atoms with Crippen LogP contribution in [0.3, 0.4) is 0 Å². The van der Waals surface area contributed by atoms with E-state index in [1.807, 2.05) is 31.2 Å². The van der Waals surface area contributed by atoms with E-state index in [0.717, 1.165) is 17.5 Å². The first kappa shape index (κ1) is 19.5. The fourth-order valence-electron chi connectivity index (χ4n) is 2.77. The minimum Gasteiger partial charge on any atom is -0.454 e. The van der Waals surface area contributed by atoms with Crippen LogP contribution in [-0.4, -0.2) is 25.3 Å².